The van der Waals surface area contributed by atoms with Gasteiger partial charge in [0.05, 0.1) is 12.8 Å². The summed E-state index contributed by atoms with van der Waals surface area (Å²) in [6.07, 6.45) is -0.742. The molecule has 2 aliphatic rings. The molecule has 0 aliphatic carbocycles. The van der Waals surface area contributed by atoms with E-state index < -0.39 is 30.3 Å². The maximum absolute atomic E-state index is 11.9. The molecule has 2 aromatic heterocycles. The molecule has 4 atom stereocenters. The molecule has 2 aliphatic heterocycles. The van der Waals surface area contributed by atoms with Crippen molar-refractivity contribution in [2.24, 2.45) is 0 Å². The fraction of sp³-hybridized carbons (Fsp3) is 0.615. The number of rotatable bonds is 2. The predicted octanol–water partition coefficient (Wildman–Crippen LogP) is -0.888. The number of nitrogens with two attached hydrogens (primary N) is 1. The molecule has 0 unspecified atom stereocenters. The Bertz CT molecular complexity index is 815. The fourth-order valence-corrected chi connectivity index (χ4v) is 3.14. The van der Waals surface area contributed by atoms with Crippen molar-refractivity contribution in [2.45, 2.75) is 44.2 Å². The number of nitrogens with one attached hydrogen (secondary N) is 1. The molecule has 0 aromatic carbocycles. The number of aromatic amines is 1. The Hall–Kier alpha value is -2.01. The van der Waals surface area contributed by atoms with Gasteiger partial charge in [-0.1, -0.05) is 0 Å². The number of H-pyrrole nitrogens is 1. The number of aliphatic hydroxyl groups excluding tert-OH is 1. The van der Waals surface area contributed by atoms with Crippen LogP contribution in [0.5, 0.6) is 0 Å². The van der Waals surface area contributed by atoms with E-state index in [9.17, 15) is 9.90 Å². The second-order valence-electron chi connectivity index (χ2n) is 6.09. The summed E-state index contributed by atoms with van der Waals surface area (Å²) in [5, 5.41) is 14.0. The molecule has 10 nitrogen and oxygen atoms in total. The average molecular weight is 323 g/mol. The minimum absolute atomic E-state index is 0.0126. The van der Waals surface area contributed by atoms with Crippen molar-refractivity contribution in [2.75, 3.05) is 12.3 Å². The average Bonchev–Trinajstić information content (AvgIpc) is 3.09. The molecule has 0 bridgehead atoms. The maximum atomic E-state index is 11.9. The monoisotopic (exact) mass is 323 g/mol. The zero-order valence-corrected chi connectivity index (χ0v) is 12.6. The number of hydrogen-bond acceptors (Lipinski definition) is 8. The van der Waals surface area contributed by atoms with Gasteiger partial charge in [0.2, 0.25) is 5.95 Å². The van der Waals surface area contributed by atoms with Crippen LogP contribution in [0.1, 0.15) is 20.1 Å². The Balaban J connectivity index is 1.80. The largest absolute Gasteiger partial charge is 0.394 e. The van der Waals surface area contributed by atoms with E-state index in [4.69, 9.17) is 19.9 Å². The lowest BCUT2D eigenvalue weighted by molar-refractivity contribution is -0.201. The van der Waals surface area contributed by atoms with Gasteiger partial charge in [-0.2, -0.15) is 10.1 Å². The molecule has 2 aromatic rings. The lowest BCUT2D eigenvalue weighted by Gasteiger charge is -2.23. The van der Waals surface area contributed by atoms with Crippen LogP contribution in [-0.4, -0.2) is 55.6 Å². The third kappa shape index (κ3) is 2.14. The van der Waals surface area contributed by atoms with Crippen LogP contribution in [0.3, 0.4) is 0 Å². The Morgan fingerprint density at radius 1 is 1.43 bits per heavy atom. The number of aliphatic hydroxyl groups is 1. The van der Waals surface area contributed by atoms with E-state index in [-0.39, 0.29) is 18.1 Å². The van der Waals surface area contributed by atoms with Gasteiger partial charge in [-0.15, -0.1) is 0 Å². The number of nitrogen functional groups attached to an aromatic ring is 1. The smallest absolute Gasteiger partial charge is 0.263 e. The molecular formula is C13H17N5O5. The van der Waals surface area contributed by atoms with E-state index in [2.05, 4.69) is 15.1 Å². The first-order chi connectivity index (χ1) is 10.9. The van der Waals surface area contributed by atoms with E-state index in [1.165, 1.54) is 10.9 Å². The summed E-state index contributed by atoms with van der Waals surface area (Å²) in [7, 11) is 0. The zero-order chi connectivity index (χ0) is 16.4. The van der Waals surface area contributed by atoms with Crippen LogP contribution < -0.4 is 11.3 Å². The molecule has 2 fully saturated rings. The van der Waals surface area contributed by atoms with Crippen LogP contribution in [0.15, 0.2) is 11.0 Å². The van der Waals surface area contributed by atoms with Crippen LogP contribution in [0.4, 0.5) is 5.95 Å². The summed E-state index contributed by atoms with van der Waals surface area (Å²) in [6, 6.07) is 0. The molecule has 0 radical (unpaired) electrons. The minimum Gasteiger partial charge on any atom is -0.394 e. The summed E-state index contributed by atoms with van der Waals surface area (Å²) in [5.41, 5.74) is 5.52. The van der Waals surface area contributed by atoms with Crippen molar-refractivity contribution in [1.29, 1.82) is 0 Å². The van der Waals surface area contributed by atoms with Crippen molar-refractivity contribution in [1.82, 2.24) is 19.7 Å². The van der Waals surface area contributed by atoms with Crippen molar-refractivity contribution in [3.63, 3.8) is 0 Å². The van der Waals surface area contributed by atoms with Gasteiger partial charge in [-0.05, 0) is 13.8 Å². The van der Waals surface area contributed by atoms with Crippen LogP contribution in [-0.2, 0) is 14.2 Å². The third-order valence-corrected chi connectivity index (χ3v) is 4.03. The molecule has 0 spiro atoms. The molecule has 2 saturated heterocycles. The highest BCUT2D eigenvalue weighted by molar-refractivity contribution is 5.74. The van der Waals surface area contributed by atoms with Crippen molar-refractivity contribution >= 4 is 17.0 Å². The van der Waals surface area contributed by atoms with Crippen LogP contribution >= 0.6 is 0 Å². The van der Waals surface area contributed by atoms with Gasteiger partial charge in [-0.25, -0.2) is 4.68 Å². The highest BCUT2D eigenvalue weighted by Crippen LogP contribution is 2.43. The number of aromatic nitrogens is 4. The van der Waals surface area contributed by atoms with Gasteiger partial charge in [0.1, 0.15) is 23.7 Å². The third-order valence-electron chi connectivity index (χ3n) is 4.03. The first kappa shape index (κ1) is 14.6. The summed E-state index contributed by atoms with van der Waals surface area (Å²) in [6.45, 7) is 3.37. The molecule has 23 heavy (non-hydrogen) atoms. The van der Waals surface area contributed by atoms with E-state index in [1.807, 2.05) is 0 Å². The second kappa shape index (κ2) is 4.74. The molecule has 0 saturated carbocycles. The molecule has 4 N–H and O–H groups in total. The van der Waals surface area contributed by atoms with E-state index in [0.29, 0.717) is 11.0 Å². The molecule has 10 heteroatoms. The highest BCUT2D eigenvalue weighted by Gasteiger charge is 2.56. The first-order valence-corrected chi connectivity index (χ1v) is 7.24. The number of hydrogen-bond donors (Lipinski definition) is 3. The normalized spacial score (nSPS) is 32.5. The molecule has 4 rings (SSSR count). The lowest BCUT2D eigenvalue weighted by Crippen LogP contribution is -2.31. The van der Waals surface area contributed by atoms with Crippen molar-refractivity contribution < 1.29 is 19.3 Å². The zero-order valence-electron chi connectivity index (χ0n) is 12.6. The van der Waals surface area contributed by atoms with Gasteiger partial charge in [0, 0.05) is 0 Å². The van der Waals surface area contributed by atoms with Gasteiger partial charge >= 0.3 is 0 Å². The quantitative estimate of drug-likeness (QED) is 0.647. The number of fused-ring (bicyclic) bond motifs is 2. The summed E-state index contributed by atoms with van der Waals surface area (Å²) < 4.78 is 18.9. The SMILES string of the molecule is CC1(C)O[C@@H]2[C@H](O1)[C@@H](CO)O[C@H]2n1ncc2c(=O)[nH]c(N)nc21. The lowest BCUT2D eigenvalue weighted by atomic mass is 10.1. The number of ether oxygens (including phenoxy) is 3. The molecule has 124 valence electrons. The van der Waals surface area contributed by atoms with E-state index in [1.54, 1.807) is 13.8 Å². The van der Waals surface area contributed by atoms with Gasteiger partial charge in [0.25, 0.3) is 5.56 Å². The summed E-state index contributed by atoms with van der Waals surface area (Å²) in [4.78, 5) is 18.5. The Morgan fingerprint density at radius 3 is 2.91 bits per heavy atom. The molecular weight excluding hydrogens is 306 g/mol. The van der Waals surface area contributed by atoms with Crippen LogP contribution in [0.2, 0.25) is 0 Å². The number of nitrogens with zero attached hydrogens (tertiary/aromatic N) is 3. The Morgan fingerprint density at radius 2 is 2.17 bits per heavy atom. The predicted molar refractivity (Wildman–Crippen MR) is 77.4 cm³/mol. The number of anilines is 1. The van der Waals surface area contributed by atoms with Crippen molar-refractivity contribution in [3.05, 3.63) is 16.6 Å². The minimum atomic E-state index is -0.794. The summed E-state index contributed by atoms with van der Waals surface area (Å²) in [5.74, 6) is -0.807. The topological polar surface area (TPSA) is 138 Å². The van der Waals surface area contributed by atoms with Gasteiger partial charge < -0.3 is 25.1 Å². The van der Waals surface area contributed by atoms with E-state index >= 15 is 0 Å². The first-order valence-electron chi connectivity index (χ1n) is 7.24. The Kier molecular flexibility index (Phi) is 3.00. The standard InChI is InChI=1S/C13H17N5O5/c1-13(2)22-7-6(4-19)21-11(8(7)23-13)18-9-5(3-15-18)10(20)17-12(14)16-9/h3,6-8,11,19H,4H2,1-2H3,(H3,14,16,17,20)/t6-,7-,8-,11-/m1/s1. The van der Waals surface area contributed by atoms with E-state index in [0.717, 1.165) is 0 Å². The van der Waals surface area contributed by atoms with Crippen LogP contribution in [0, 0.1) is 0 Å². The van der Waals surface area contributed by atoms with Crippen LogP contribution in [0.25, 0.3) is 11.0 Å². The highest BCUT2D eigenvalue weighted by atomic mass is 16.8. The second-order valence-corrected chi connectivity index (χ2v) is 6.09. The molecule has 0 amide bonds. The summed E-state index contributed by atoms with van der Waals surface area (Å²) >= 11 is 0. The maximum Gasteiger partial charge on any atom is 0.263 e. The fourth-order valence-electron chi connectivity index (χ4n) is 3.14. The van der Waals surface area contributed by atoms with Gasteiger partial charge in [-0.3, -0.25) is 9.78 Å². The van der Waals surface area contributed by atoms with Crippen molar-refractivity contribution in [3.8, 4) is 0 Å². The molecule has 4 heterocycles. The van der Waals surface area contributed by atoms with Gasteiger partial charge in [0.15, 0.2) is 17.7 Å². The Labute approximate surface area is 130 Å².